The summed E-state index contributed by atoms with van der Waals surface area (Å²) in [5.74, 6) is 0.198. The van der Waals surface area contributed by atoms with E-state index in [9.17, 15) is 9.90 Å². The molecule has 0 aliphatic rings. The van der Waals surface area contributed by atoms with Gasteiger partial charge < -0.3 is 9.84 Å². The van der Waals surface area contributed by atoms with Gasteiger partial charge in [-0.25, -0.2) is 0 Å². The Bertz CT molecular complexity index is 259. The van der Waals surface area contributed by atoms with Gasteiger partial charge >= 0.3 is 5.97 Å². The molecule has 19 heavy (non-hydrogen) atoms. The van der Waals surface area contributed by atoms with Gasteiger partial charge in [0.25, 0.3) is 0 Å². The molecule has 0 rings (SSSR count). The number of hydrogen-bond donors (Lipinski definition) is 1. The first-order chi connectivity index (χ1) is 8.77. The lowest BCUT2D eigenvalue weighted by Gasteiger charge is -2.31. The van der Waals surface area contributed by atoms with Crippen LogP contribution >= 0.6 is 0 Å². The Morgan fingerprint density at radius 3 is 2.26 bits per heavy atom. The summed E-state index contributed by atoms with van der Waals surface area (Å²) < 4.78 is 5.43. The van der Waals surface area contributed by atoms with Gasteiger partial charge in [0, 0.05) is 0 Å². The van der Waals surface area contributed by atoms with E-state index in [4.69, 9.17) is 4.74 Å². The smallest absolute Gasteiger partial charge is 0.314 e. The van der Waals surface area contributed by atoms with E-state index < -0.39 is 11.5 Å². The molecule has 0 saturated carbocycles. The minimum Gasteiger partial charge on any atom is -0.465 e. The van der Waals surface area contributed by atoms with Crippen LogP contribution in [0.4, 0.5) is 0 Å². The molecule has 3 heteroatoms. The van der Waals surface area contributed by atoms with E-state index in [0.717, 1.165) is 12.8 Å². The second-order valence-corrected chi connectivity index (χ2v) is 6.43. The van der Waals surface area contributed by atoms with Crippen LogP contribution in [-0.2, 0) is 9.53 Å². The number of ether oxygens (including phenoxy) is 1. The number of carbonyl (C=O) groups excluding carboxylic acids is 1. The van der Waals surface area contributed by atoms with E-state index in [-0.39, 0.29) is 11.9 Å². The van der Waals surface area contributed by atoms with Crippen molar-refractivity contribution in [2.24, 2.45) is 17.3 Å². The molecule has 2 unspecified atom stereocenters. The van der Waals surface area contributed by atoms with Gasteiger partial charge in [-0.1, -0.05) is 47.0 Å². The zero-order valence-corrected chi connectivity index (χ0v) is 13.5. The Labute approximate surface area is 118 Å². The van der Waals surface area contributed by atoms with E-state index in [0.29, 0.717) is 12.5 Å². The predicted octanol–water partition coefficient (Wildman–Crippen LogP) is 3.79. The minimum absolute atomic E-state index is 0.0459. The van der Waals surface area contributed by atoms with Crippen LogP contribution in [-0.4, -0.2) is 23.8 Å². The van der Waals surface area contributed by atoms with Crippen LogP contribution in [0.25, 0.3) is 0 Å². The van der Waals surface area contributed by atoms with Crippen LogP contribution in [0, 0.1) is 17.3 Å². The van der Waals surface area contributed by atoms with Gasteiger partial charge in [-0.05, 0) is 32.1 Å². The monoisotopic (exact) mass is 272 g/mol. The van der Waals surface area contributed by atoms with E-state index >= 15 is 0 Å². The zero-order chi connectivity index (χ0) is 15.1. The average molecular weight is 272 g/mol. The van der Waals surface area contributed by atoms with Gasteiger partial charge in [-0.15, -0.1) is 0 Å². The number of rotatable bonds is 9. The fraction of sp³-hybridized carbons (Fsp3) is 0.938. The summed E-state index contributed by atoms with van der Waals surface area (Å²) >= 11 is 0. The second kappa shape index (κ2) is 8.57. The molecule has 0 fully saturated rings. The summed E-state index contributed by atoms with van der Waals surface area (Å²) in [5.41, 5.74) is -0.836. The molecule has 0 aromatic carbocycles. The molecule has 0 radical (unpaired) electrons. The molecule has 0 amide bonds. The molecule has 2 atom stereocenters. The Balaban J connectivity index is 4.35. The molecule has 114 valence electrons. The summed E-state index contributed by atoms with van der Waals surface area (Å²) in [6.07, 6.45) is 3.81. The summed E-state index contributed by atoms with van der Waals surface area (Å²) in [5, 5.41) is 10.1. The predicted molar refractivity (Wildman–Crippen MR) is 78.9 cm³/mol. The van der Waals surface area contributed by atoms with Crippen LogP contribution in [0.5, 0.6) is 0 Å². The first-order valence-electron chi connectivity index (χ1n) is 7.62. The lowest BCUT2D eigenvalue weighted by Crippen LogP contribution is -2.42. The van der Waals surface area contributed by atoms with Crippen LogP contribution in [0.2, 0.25) is 0 Å². The van der Waals surface area contributed by atoms with Crippen LogP contribution in [0.3, 0.4) is 0 Å². The van der Waals surface area contributed by atoms with Crippen molar-refractivity contribution in [3.8, 4) is 0 Å². The van der Waals surface area contributed by atoms with Crippen molar-refractivity contribution in [3.05, 3.63) is 0 Å². The summed E-state index contributed by atoms with van der Waals surface area (Å²) in [4.78, 5) is 12.1. The second-order valence-electron chi connectivity index (χ2n) is 6.43. The molecule has 0 spiro atoms. The van der Waals surface area contributed by atoms with Crippen molar-refractivity contribution < 1.29 is 14.6 Å². The molecule has 3 nitrogen and oxygen atoms in total. The number of unbranched alkanes of at least 4 members (excludes halogenated alkanes) is 1. The maximum absolute atomic E-state index is 12.1. The first kappa shape index (κ1) is 18.4. The fourth-order valence-electron chi connectivity index (χ4n) is 2.23. The molecular weight excluding hydrogens is 240 g/mol. The minimum atomic E-state index is -0.836. The Kier molecular flexibility index (Phi) is 8.31. The SMILES string of the molecule is CCCCC(CC)COC(=O)C(C)(C)C(O)C(C)C. The number of aliphatic hydroxyl groups excluding tert-OH is 1. The fourth-order valence-corrected chi connectivity index (χ4v) is 2.23. The van der Waals surface area contributed by atoms with Crippen molar-refractivity contribution in [3.63, 3.8) is 0 Å². The van der Waals surface area contributed by atoms with E-state index in [2.05, 4.69) is 13.8 Å². The molecule has 0 bridgehead atoms. The molecule has 0 heterocycles. The van der Waals surface area contributed by atoms with Crippen LogP contribution in [0.15, 0.2) is 0 Å². The maximum Gasteiger partial charge on any atom is 0.314 e. The number of esters is 1. The summed E-state index contributed by atoms with van der Waals surface area (Å²) in [6.45, 7) is 12.1. The van der Waals surface area contributed by atoms with Gasteiger partial charge in [0.2, 0.25) is 0 Å². The normalized spacial score (nSPS) is 15.4. The molecule has 0 aromatic heterocycles. The van der Waals surface area contributed by atoms with Crippen molar-refractivity contribution in [1.82, 2.24) is 0 Å². The van der Waals surface area contributed by atoms with E-state index in [1.165, 1.54) is 12.8 Å². The third-order valence-corrected chi connectivity index (χ3v) is 3.89. The van der Waals surface area contributed by atoms with Crippen molar-refractivity contribution in [1.29, 1.82) is 0 Å². The van der Waals surface area contributed by atoms with Gasteiger partial charge in [0.05, 0.1) is 18.1 Å². The molecule has 0 aromatic rings. The van der Waals surface area contributed by atoms with Gasteiger partial charge in [0.1, 0.15) is 0 Å². The highest BCUT2D eigenvalue weighted by atomic mass is 16.5. The zero-order valence-electron chi connectivity index (χ0n) is 13.5. The van der Waals surface area contributed by atoms with Gasteiger partial charge in [-0.2, -0.15) is 0 Å². The van der Waals surface area contributed by atoms with Crippen LogP contribution in [0.1, 0.15) is 67.2 Å². The summed E-state index contributed by atoms with van der Waals surface area (Å²) in [6, 6.07) is 0. The quantitative estimate of drug-likeness (QED) is 0.650. The summed E-state index contributed by atoms with van der Waals surface area (Å²) in [7, 11) is 0. The highest BCUT2D eigenvalue weighted by Gasteiger charge is 2.39. The number of aliphatic hydroxyl groups is 1. The number of carbonyl (C=O) groups is 1. The average Bonchev–Trinajstić information content (AvgIpc) is 2.37. The topological polar surface area (TPSA) is 46.5 Å². The molecule has 0 aliphatic carbocycles. The highest BCUT2D eigenvalue weighted by Crippen LogP contribution is 2.28. The van der Waals surface area contributed by atoms with Crippen molar-refractivity contribution >= 4 is 5.97 Å². The van der Waals surface area contributed by atoms with E-state index in [1.807, 2.05) is 13.8 Å². The van der Waals surface area contributed by atoms with Crippen molar-refractivity contribution in [2.45, 2.75) is 73.3 Å². The van der Waals surface area contributed by atoms with Crippen molar-refractivity contribution in [2.75, 3.05) is 6.61 Å². The lowest BCUT2D eigenvalue weighted by molar-refractivity contribution is -0.164. The van der Waals surface area contributed by atoms with Gasteiger partial charge in [-0.3, -0.25) is 4.79 Å². The third kappa shape index (κ3) is 5.94. The molecule has 1 N–H and O–H groups in total. The number of hydrogen-bond acceptors (Lipinski definition) is 3. The van der Waals surface area contributed by atoms with E-state index in [1.54, 1.807) is 13.8 Å². The lowest BCUT2D eigenvalue weighted by atomic mass is 9.81. The molecule has 0 saturated heterocycles. The largest absolute Gasteiger partial charge is 0.465 e. The molecular formula is C16H32O3. The van der Waals surface area contributed by atoms with Crippen LogP contribution < -0.4 is 0 Å². The molecule has 0 aliphatic heterocycles. The van der Waals surface area contributed by atoms with Gasteiger partial charge in [0.15, 0.2) is 0 Å². The first-order valence-corrected chi connectivity index (χ1v) is 7.62. The third-order valence-electron chi connectivity index (χ3n) is 3.89. The Morgan fingerprint density at radius 1 is 1.26 bits per heavy atom. The Hall–Kier alpha value is -0.570. The maximum atomic E-state index is 12.1. The Morgan fingerprint density at radius 2 is 1.84 bits per heavy atom. The standard InChI is InChI=1S/C16H32O3/c1-7-9-10-13(8-2)11-19-15(18)16(5,6)14(17)12(3)4/h12-14,17H,7-11H2,1-6H3. The highest BCUT2D eigenvalue weighted by molar-refractivity contribution is 5.76.